The van der Waals surface area contributed by atoms with Gasteiger partial charge in [-0.25, -0.2) is 18.6 Å². The Labute approximate surface area is 242 Å². The molecule has 0 radical (unpaired) electrons. The second kappa shape index (κ2) is 10.8. The van der Waals surface area contributed by atoms with E-state index in [9.17, 15) is 36.3 Å². The fourth-order valence-corrected chi connectivity index (χ4v) is 5.51. The zero-order chi connectivity index (χ0) is 31.3. The van der Waals surface area contributed by atoms with Gasteiger partial charge < -0.3 is 19.7 Å². The Kier molecular flexibility index (Phi) is 7.59. The number of hydrogen-bond acceptors (Lipinski definition) is 6. The zero-order valence-electron chi connectivity index (χ0n) is 23.6. The number of halogens is 5. The summed E-state index contributed by atoms with van der Waals surface area (Å²) in [4.78, 5) is 43.1. The van der Waals surface area contributed by atoms with Crippen molar-refractivity contribution < 1.29 is 41.0 Å². The SMILES string of the molecule is CC(C)(C)OC(=O)N1CCC2(CC1)CC(n1cnc3ccc(Oc4c(F)ccc(NC(=O)C(F)(F)F)c4F)cc3c1=O)C2. The van der Waals surface area contributed by atoms with E-state index in [0.717, 1.165) is 12.8 Å². The maximum Gasteiger partial charge on any atom is 0.471 e. The first-order valence-electron chi connectivity index (χ1n) is 13.6. The minimum atomic E-state index is -5.29. The van der Waals surface area contributed by atoms with Gasteiger partial charge in [0.05, 0.1) is 22.9 Å². The van der Waals surface area contributed by atoms with E-state index in [2.05, 4.69) is 4.98 Å². The van der Waals surface area contributed by atoms with Gasteiger partial charge in [0.25, 0.3) is 5.56 Å². The Hall–Kier alpha value is -4.23. The molecule has 1 saturated carbocycles. The highest BCUT2D eigenvalue weighted by atomic mass is 19.4. The molecule has 2 aromatic carbocycles. The smallest absolute Gasteiger partial charge is 0.451 e. The average molecular weight is 609 g/mol. The molecule has 1 aromatic heterocycles. The van der Waals surface area contributed by atoms with Crippen LogP contribution in [0.5, 0.6) is 11.5 Å². The van der Waals surface area contributed by atoms with Crippen LogP contribution in [-0.4, -0.2) is 51.3 Å². The Balaban J connectivity index is 1.30. The second-order valence-electron chi connectivity index (χ2n) is 12.0. The number of likely N-dealkylation sites (tertiary alicyclic amines) is 1. The number of carbonyl (C=O) groups excluding carboxylic acids is 2. The number of aromatic nitrogens is 2. The summed E-state index contributed by atoms with van der Waals surface area (Å²) in [5.74, 6) is -6.45. The molecule has 14 heteroatoms. The van der Waals surface area contributed by atoms with Gasteiger partial charge in [-0.1, -0.05) is 0 Å². The predicted octanol–water partition coefficient (Wildman–Crippen LogP) is 6.32. The second-order valence-corrected chi connectivity index (χ2v) is 12.0. The van der Waals surface area contributed by atoms with Crippen molar-refractivity contribution in [2.45, 2.75) is 64.3 Å². The molecule has 0 atom stereocenters. The lowest BCUT2D eigenvalue weighted by Gasteiger charge is -2.52. The lowest BCUT2D eigenvalue weighted by Crippen LogP contribution is -2.51. The third kappa shape index (κ3) is 6.27. The van der Waals surface area contributed by atoms with Gasteiger partial charge in [0.2, 0.25) is 5.75 Å². The molecule has 43 heavy (non-hydrogen) atoms. The molecule has 9 nitrogen and oxygen atoms in total. The molecule has 1 aliphatic carbocycles. The van der Waals surface area contributed by atoms with E-state index in [1.807, 2.05) is 20.8 Å². The molecule has 2 heterocycles. The number of piperidine rings is 1. The molecule has 0 unspecified atom stereocenters. The number of amides is 2. The van der Waals surface area contributed by atoms with Crippen molar-refractivity contribution in [2.24, 2.45) is 5.41 Å². The van der Waals surface area contributed by atoms with Gasteiger partial charge in [-0.3, -0.25) is 14.2 Å². The molecule has 0 bridgehead atoms. The topological polar surface area (TPSA) is 103 Å². The zero-order valence-corrected chi connectivity index (χ0v) is 23.6. The van der Waals surface area contributed by atoms with Crippen molar-refractivity contribution in [3.05, 3.63) is 58.6 Å². The fourth-order valence-electron chi connectivity index (χ4n) is 5.51. The largest absolute Gasteiger partial charge is 0.471 e. The molecule has 2 aliphatic rings. The Morgan fingerprint density at radius 3 is 2.35 bits per heavy atom. The van der Waals surface area contributed by atoms with E-state index in [-0.39, 0.29) is 28.7 Å². The Morgan fingerprint density at radius 1 is 1.05 bits per heavy atom. The quantitative estimate of drug-likeness (QED) is 0.348. The first-order valence-corrected chi connectivity index (χ1v) is 13.6. The van der Waals surface area contributed by atoms with Gasteiger partial charge >= 0.3 is 18.2 Å². The molecule has 230 valence electrons. The Morgan fingerprint density at radius 2 is 1.72 bits per heavy atom. The van der Waals surface area contributed by atoms with Gasteiger partial charge in [0.15, 0.2) is 11.6 Å². The summed E-state index contributed by atoms with van der Waals surface area (Å²) < 4.78 is 79.3. The van der Waals surface area contributed by atoms with Crippen molar-refractivity contribution >= 4 is 28.6 Å². The van der Waals surface area contributed by atoms with Crippen LogP contribution in [0.25, 0.3) is 10.9 Å². The molecule has 1 spiro atoms. The first-order chi connectivity index (χ1) is 20.1. The lowest BCUT2D eigenvalue weighted by atomic mass is 9.60. The van der Waals surface area contributed by atoms with Crippen LogP contribution in [0.3, 0.4) is 0 Å². The third-order valence-corrected chi connectivity index (χ3v) is 7.74. The number of alkyl halides is 3. The summed E-state index contributed by atoms with van der Waals surface area (Å²) in [7, 11) is 0. The van der Waals surface area contributed by atoms with E-state index in [1.54, 1.807) is 4.90 Å². The molecule has 1 saturated heterocycles. The molecule has 2 fully saturated rings. The van der Waals surface area contributed by atoms with Crippen molar-refractivity contribution in [3.8, 4) is 11.5 Å². The average Bonchev–Trinajstić information content (AvgIpc) is 2.90. The van der Waals surface area contributed by atoms with Crippen molar-refractivity contribution in [2.75, 3.05) is 18.4 Å². The van der Waals surface area contributed by atoms with Crippen LogP contribution in [0.2, 0.25) is 0 Å². The van der Waals surface area contributed by atoms with Crippen molar-refractivity contribution in [3.63, 3.8) is 0 Å². The lowest BCUT2D eigenvalue weighted by molar-refractivity contribution is -0.167. The predicted molar refractivity (Wildman–Crippen MR) is 145 cm³/mol. The van der Waals surface area contributed by atoms with Gasteiger partial charge in [0.1, 0.15) is 11.4 Å². The number of benzene rings is 2. The summed E-state index contributed by atoms with van der Waals surface area (Å²) in [6, 6.07) is 5.10. The molecular weight excluding hydrogens is 579 g/mol. The number of nitrogens with one attached hydrogen (secondary N) is 1. The number of anilines is 1. The van der Waals surface area contributed by atoms with Crippen LogP contribution in [0, 0.1) is 17.0 Å². The van der Waals surface area contributed by atoms with Gasteiger partial charge in [0, 0.05) is 19.1 Å². The number of ether oxygens (including phenoxy) is 2. The monoisotopic (exact) mass is 608 g/mol. The van der Waals surface area contributed by atoms with E-state index in [1.165, 1.54) is 34.4 Å². The molecule has 1 N–H and O–H groups in total. The fraction of sp³-hybridized carbons (Fsp3) is 0.448. The summed E-state index contributed by atoms with van der Waals surface area (Å²) in [6.07, 6.45) is -1.21. The van der Waals surface area contributed by atoms with E-state index in [4.69, 9.17) is 9.47 Å². The molecule has 3 aromatic rings. The number of carbonyl (C=O) groups is 2. The molecule has 5 rings (SSSR count). The van der Waals surface area contributed by atoms with Crippen LogP contribution in [0.15, 0.2) is 41.5 Å². The van der Waals surface area contributed by atoms with Crippen LogP contribution in [-0.2, 0) is 9.53 Å². The van der Waals surface area contributed by atoms with Crippen LogP contribution in [0.4, 0.5) is 32.4 Å². The summed E-state index contributed by atoms with van der Waals surface area (Å²) in [6.45, 7) is 6.56. The van der Waals surface area contributed by atoms with Crippen LogP contribution in [0.1, 0.15) is 52.5 Å². The number of nitrogens with zero attached hydrogens (tertiary/aromatic N) is 3. The standard InChI is InChI=1S/C29H29F5N4O5/c1-27(2,3)43-26(41)37-10-8-28(9-11-37)13-16(14-28)38-15-35-20-6-4-17(12-18(20)24(38)39)42-23-19(30)5-7-21(22(23)31)36-25(40)29(32,33)34/h4-7,12,15-16H,8-11,13-14H2,1-3H3,(H,36,40). The minimum absolute atomic E-state index is 0.00978. The van der Waals surface area contributed by atoms with E-state index in [0.29, 0.717) is 43.6 Å². The van der Waals surface area contributed by atoms with Gasteiger partial charge in [-0.15, -0.1) is 0 Å². The highest BCUT2D eigenvalue weighted by molar-refractivity contribution is 5.95. The highest BCUT2D eigenvalue weighted by Gasteiger charge is 2.48. The number of hydrogen-bond donors (Lipinski definition) is 1. The highest BCUT2D eigenvalue weighted by Crippen LogP contribution is 2.54. The van der Waals surface area contributed by atoms with Crippen molar-refractivity contribution in [1.29, 1.82) is 0 Å². The van der Waals surface area contributed by atoms with Gasteiger partial charge in [-0.05, 0) is 82.2 Å². The van der Waals surface area contributed by atoms with Crippen molar-refractivity contribution in [1.82, 2.24) is 14.5 Å². The van der Waals surface area contributed by atoms with E-state index >= 15 is 0 Å². The molecule has 1 aliphatic heterocycles. The summed E-state index contributed by atoms with van der Waals surface area (Å²) in [5, 5.41) is 1.46. The van der Waals surface area contributed by atoms with E-state index < -0.39 is 46.3 Å². The first kappa shape index (κ1) is 30.2. The molecule has 2 amide bonds. The van der Waals surface area contributed by atoms with Gasteiger partial charge in [-0.2, -0.15) is 13.2 Å². The summed E-state index contributed by atoms with van der Waals surface area (Å²) >= 11 is 0. The number of rotatable bonds is 4. The maximum atomic E-state index is 14.8. The normalized spacial score (nSPS) is 17.1. The third-order valence-electron chi connectivity index (χ3n) is 7.74. The summed E-state index contributed by atoms with van der Waals surface area (Å²) in [5.41, 5.74) is -1.61. The van der Waals surface area contributed by atoms with Crippen LogP contribution >= 0.6 is 0 Å². The van der Waals surface area contributed by atoms with Crippen LogP contribution < -0.4 is 15.6 Å². The number of fused-ring (bicyclic) bond motifs is 1. The molecular formula is C29H29F5N4O5. The Bertz CT molecular complexity index is 1630. The minimum Gasteiger partial charge on any atom is -0.451 e. The maximum absolute atomic E-state index is 14.8.